The maximum atomic E-state index is 10.8. The van der Waals surface area contributed by atoms with Crippen LogP contribution in [0.1, 0.15) is 5.56 Å². The van der Waals surface area contributed by atoms with Crippen molar-refractivity contribution in [3.05, 3.63) is 70.4 Å². The Hall–Kier alpha value is -2.82. The lowest BCUT2D eigenvalue weighted by Gasteiger charge is -2.07. The molecule has 0 radical (unpaired) electrons. The highest BCUT2D eigenvalue weighted by molar-refractivity contribution is 5.82. The van der Waals surface area contributed by atoms with Crippen LogP contribution in [-0.4, -0.2) is 16.6 Å². The second-order valence-corrected chi connectivity index (χ2v) is 4.79. The monoisotopic (exact) mass is 282 g/mol. The molecule has 1 heterocycles. The molecular weight excluding hydrogens is 268 g/mol. The van der Waals surface area contributed by atoms with E-state index in [1.807, 2.05) is 36.5 Å². The van der Waals surface area contributed by atoms with Gasteiger partial charge in [-0.2, -0.15) is 0 Å². The minimum absolute atomic E-state index is 0.115. The second-order valence-electron chi connectivity index (χ2n) is 4.79. The highest BCUT2D eigenvalue weighted by atomic mass is 16.6. The Morgan fingerprint density at radius 1 is 1.14 bits per heavy atom. The van der Waals surface area contributed by atoms with Crippen molar-refractivity contribution >= 4 is 16.6 Å². The second kappa shape index (κ2) is 5.28. The first-order valence-corrected chi connectivity index (χ1v) is 6.53. The summed E-state index contributed by atoms with van der Waals surface area (Å²) in [6.07, 6.45) is 1.94. The third-order valence-electron chi connectivity index (χ3n) is 3.48. The molecule has 21 heavy (non-hydrogen) atoms. The van der Waals surface area contributed by atoms with Crippen LogP contribution in [0.5, 0.6) is 5.75 Å². The van der Waals surface area contributed by atoms with Gasteiger partial charge in [0, 0.05) is 35.8 Å². The lowest BCUT2D eigenvalue weighted by atomic mass is 10.2. The van der Waals surface area contributed by atoms with Gasteiger partial charge < -0.3 is 9.30 Å². The number of nitro groups is 1. The summed E-state index contributed by atoms with van der Waals surface area (Å²) in [7, 11) is 1.64. The van der Waals surface area contributed by atoms with Gasteiger partial charge in [-0.3, -0.25) is 10.1 Å². The Labute approximate surface area is 121 Å². The molecule has 0 bridgehead atoms. The van der Waals surface area contributed by atoms with E-state index in [0.29, 0.717) is 6.54 Å². The molecule has 0 unspecified atom stereocenters. The van der Waals surface area contributed by atoms with Crippen LogP contribution in [0.3, 0.4) is 0 Å². The summed E-state index contributed by atoms with van der Waals surface area (Å²) in [5, 5.41) is 11.7. The van der Waals surface area contributed by atoms with E-state index in [4.69, 9.17) is 4.74 Å². The summed E-state index contributed by atoms with van der Waals surface area (Å²) in [6.45, 7) is 0.714. The van der Waals surface area contributed by atoms with Crippen molar-refractivity contribution in [2.45, 2.75) is 6.54 Å². The Morgan fingerprint density at radius 3 is 2.57 bits per heavy atom. The first kappa shape index (κ1) is 13.2. The number of rotatable bonds is 4. The van der Waals surface area contributed by atoms with Gasteiger partial charge in [0.1, 0.15) is 5.75 Å². The van der Waals surface area contributed by atoms with Crippen LogP contribution in [0.25, 0.3) is 10.9 Å². The number of nitrogens with zero attached hydrogens (tertiary/aromatic N) is 2. The van der Waals surface area contributed by atoms with E-state index in [-0.39, 0.29) is 10.6 Å². The van der Waals surface area contributed by atoms with E-state index in [1.165, 1.54) is 6.07 Å². The summed E-state index contributed by atoms with van der Waals surface area (Å²) in [4.78, 5) is 10.4. The number of methoxy groups -OCH3 is 1. The van der Waals surface area contributed by atoms with Gasteiger partial charge in [0.2, 0.25) is 0 Å². The molecule has 0 N–H and O–H groups in total. The van der Waals surface area contributed by atoms with Crippen LogP contribution in [0, 0.1) is 10.1 Å². The van der Waals surface area contributed by atoms with Crippen LogP contribution in [-0.2, 0) is 6.54 Å². The fourth-order valence-corrected chi connectivity index (χ4v) is 2.37. The molecule has 3 aromatic rings. The minimum Gasteiger partial charge on any atom is -0.497 e. The maximum absolute atomic E-state index is 10.8. The van der Waals surface area contributed by atoms with Crippen molar-refractivity contribution < 1.29 is 9.66 Å². The molecule has 0 aliphatic heterocycles. The predicted octanol–water partition coefficient (Wildman–Crippen LogP) is 3.61. The summed E-state index contributed by atoms with van der Waals surface area (Å²) in [5.74, 6) is 0.826. The molecule has 0 spiro atoms. The Bertz CT molecular complexity index is 791. The number of fused-ring (bicyclic) bond motifs is 1. The van der Waals surface area contributed by atoms with Crippen LogP contribution in [0.15, 0.2) is 54.7 Å². The van der Waals surface area contributed by atoms with Gasteiger partial charge in [0.05, 0.1) is 12.0 Å². The number of hydrogen-bond acceptors (Lipinski definition) is 3. The van der Waals surface area contributed by atoms with Gasteiger partial charge in [0.25, 0.3) is 5.69 Å². The molecule has 1 aromatic heterocycles. The lowest BCUT2D eigenvalue weighted by Crippen LogP contribution is -1.98. The first-order chi connectivity index (χ1) is 10.2. The van der Waals surface area contributed by atoms with Gasteiger partial charge >= 0.3 is 0 Å². The zero-order chi connectivity index (χ0) is 14.8. The molecule has 5 nitrogen and oxygen atoms in total. The third kappa shape index (κ3) is 2.58. The van der Waals surface area contributed by atoms with E-state index in [9.17, 15) is 10.1 Å². The smallest absolute Gasteiger partial charge is 0.270 e. The van der Waals surface area contributed by atoms with Crippen molar-refractivity contribution in [1.29, 1.82) is 0 Å². The van der Waals surface area contributed by atoms with E-state index in [1.54, 1.807) is 19.2 Å². The SMILES string of the molecule is COc1ccc(Cn2ccc3cc([N+](=O)[O-])ccc32)cc1. The molecule has 0 saturated heterocycles. The number of hydrogen-bond donors (Lipinski definition) is 0. The standard InChI is InChI=1S/C16H14N2O3/c1-21-15-5-2-12(3-6-15)11-17-9-8-13-10-14(18(19)20)4-7-16(13)17/h2-10H,11H2,1H3. The molecule has 0 saturated carbocycles. The predicted molar refractivity (Wildman–Crippen MR) is 80.7 cm³/mol. The number of nitro benzene ring substituents is 1. The molecule has 0 amide bonds. The van der Waals surface area contributed by atoms with Gasteiger partial charge in [0.15, 0.2) is 0 Å². The van der Waals surface area contributed by atoms with Crippen molar-refractivity contribution in [3.63, 3.8) is 0 Å². The van der Waals surface area contributed by atoms with Crippen molar-refractivity contribution in [1.82, 2.24) is 4.57 Å². The summed E-state index contributed by atoms with van der Waals surface area (Å²) in [6, 6.07) is 14.7. The molecule has 0 fully saturated rings. The van der Waals surface area contributed by atoms with Crippen LogP contribution >= 0.6 is 0 Å². The molecule has 3 rings (SSSR count). The van der Waals surface area contributed by atoms with Crippen molar-refractivity contribution in [2.75, 3.05) is 7.11 Å². The van der Waals surface area contributed by atoms with Crippen LogP contribution < -0.4 is 4.74 Å². The first-order valence-electron chi connectivity index (χ1n) is 6.53. The normalized spacial score (nSPS) is 10.7. The third-order valence-corrected chi connectivity index (χ3v) is 3.48. The average molecular weight is 282 g/mol. The van der Waals surface area contributed by atoms with E-state index in [0.717, 1.165) is 22.2 Å². The Morgan fingerprint density at radius 2 is 1.90 bits per heavy atom. The lowest BCUT2D eigenvalue weighted by molar-refractivity contribution is -0.384. The zero-order valence-corrected chi connectivity index (χ0v) is 11.5. The van der Waals surface area contributed by atoms with Crippen molar-refractivity contribution in [3.8, 4) is 5.75 Å². The minimum atomic E-state index is -0.375. The van der Waals surface area contributed by atoms with E-state index >= 15 is 0 Å². The van der Waals surface area contributed by atoms with Crippen LogP contribution in [0.4, 0.5) is 5.69 Å². The van der Waals surface area contributed by atoms with Gasteiger partial charge in [-0.05, 0) is 29.8 Å². The van der Waals surface area contributed by atoms with Gasteiger partial charge in [-0.15, -0.1) is 0 Å². The topological polar surface area (TPSA) is 57.3 Å². The maximum Gasteiger partial charge on any atom is 0.270 e. The largest absolute Gasteiger partial charge is 0.497 e. The summed E-state index contributed by atoms with van der Waals surface area (Å²) >= 11 is 0. The fraction of sp³-hybridized carbons (Fsp3) is 0.125. The molecule has 0 aliphatic carbocycles. The molecule has 0 aliphatic rings. The van der Waals surface area contributed by atoms with E-state index in [2.05, 4.69) is 4.57 Å². The van der Waals surface area contributed by atoms with Gasteiger partial charge in [-0.25, -0.2) is 0 Å². The Kier molecular flexibility index (Phi) is 3.31. The fourth-order valence-electron chi connectivity index (χ4n) is 2.37. The quantitative estimate of drug-likeness (QED) is 0.542. The summed E-state index contributed by atoms with van der Waals surface area (Å²) in [5.41, 5.74) is 2.24. The zero-order valence-electron chi connectivity index (χ0n) is 11.5. The summed E-state index contributed by atoms with van der Waals surface area (Å²) < 4.78 is 7.21. The molecule has 2 aromatic carbocycles. The number of ether oxygens (including phenoxy) is 1. The number of benzene rings is 2. The highest BCUT2D eigenvalue weighted by Crippen LogP contribution is 2.23. The number of aromatic nitrogens is 1. The molecular formula is C16H14N2O3. The van der Waals surface area contributed by atoms with Gasteiger partial charge in [-0.1, -0.05) is 12.1 Å². The molecule has 5 heteroatoms. The molecule has 0 atom stereocenters. The number of non-ortho nitro benzene ring substituents is 1. The Balaban J connectivity index is 1.91. The van der Waals surface area contributed by atoms with E-state index < -0.39 is 0 Å². The van der Waals surface area contributed by atoms with Crippen molar-refractivity contribution in [2.24, 2.45) is 0 Å². The highest BCUT2D eigenvalue weighted by Gasteiger charge is 2.08. The molecule has 106 valence electrons. The van der Waals surface area contributed by atoms with Crippen LogP contribution in [0.2, 0.25) is 0 Å². The average Bonchev–Trinajstić information content (AvgIpc) is 2.90.